The van der Waals surface area contributed by atoms with E-state index in [-0.39, 0.29) is 22.4 Å². The molecule has 0 saturated heterocycles. The van der Waals surface area contributed by atoms with Gasteiger partial charge < -0.3 is 4.74 Å². The number of nitrogens with zero attached hydrogens (tertiary/aromatic N) is 3. The summed E-state index contributed by atoms with van der Waals surface area (Å²) in [4.78, 5) is 12.2. The van der Waals surface area contributed by atoms with E-state index in [1.54, 1.807) is 10.9 Å². The number of hydrazone groups is 1. The Morgan fingerprint density at radius 1 is 0.970 bits per heavy atom. The van der Waals surface area contributed by atoms with Gasteiger partial charge >= 0.3 is 0 Å². The highest BCUT2D eigenvalue weighted by Crippen LogP contribution is 2.33. The van der Waals surface area contributed by atoms with Gasteiger partial charge in [-0.3, -0.25) is 4.79 Å². The molecular formula is C24H17Cl3N4O2. The van der Waals surface area contributed by atoms with Crippen LogP contribution in [-0.2, 0) is 4.79 Å². The maximum absolute atomic E-state index is 12.2. The van der Waals surface area contributed by atoms with Gasteiger partial charge in [0.2, 0.25) is 0 Å². The summed E-state index contributed by atoms with van der Waals surface area (Å²) in [5, 5.41) is 9.59. The highest BCUT2D eigenvalue weighted by atomic mass is 35.5. The lowest BCUT2D eigenvalue weighted by atomic mass is 10.1. The highest BCUT2D eigenvalue weighted by Gasteiger charge is 2.12. The zero-order valence-electron chi connectivity index (χ0n) is 17.1. The molecule has 0 fully saturated rings. The van der Waals surface area contributed by atoms with Crippen molar-refractivity contribution in [3.8, 4) is 22.7 Å². The number of nitrogens with one attached hydrogen (secondary N) is 1. The Hall–Kier alpha value is -3.32. The minimum atomic E-state index is -0.467. The zero-order chi connectivity index (χ0) is 23.2. The largest absolute Gasteiger partial charge is 0.482 e. The summed E-state index contributed by atoms with van der Waals surface area (Å²) >= 11 is 17.9. The minimum Gasteiger partial charge on any atom is -0.482 e. The van der Waals surface area contributed by atoms with Crippen LogP contribution in [0.1, 0.15) is 5.56 Å². The molecule has 1 N–H and O–H groups in total. The average Bonchev–Trinajstić information content (AvgIpc) is 3.26. The number of para-hydroxylation sites is 1. The van der Waals surface area contributed by atoms with Gasteiger partial charge in [-0.05, 0) is 18.2 Å². The molecule has 0 bridgehead atoms. The van der Waals surface area contributed by atoms with E-state index in [0.717, 1.165) is 22.5 Å². The van der Waals surface area contributed by atoms with Crippen molar-refractivity contribution in [3.63, 3.8) is 0 Å². The monoisotopic (exact) mass is 498 g/mol. The molecule has 4 rings (SSSR count). The number of rotatable bonds is 7. The number of amides is 1. The molecule has 1 amide bonds. The number of benzene rings is 3. The fourth-order valence-corrected chi connectivity index (χ4v) is 3.57. The molecule has 166 valence electrons. The lowest BCUT2D eigenvalue weighted by Crippen LogP contribution is -2.24. The predicted molar refractivity (Wildman–Crippen MR) is 132 cm³/mol. The van der Waals surface area contributed by atoms with Crippen molar-refractivity contribution in [2.24, 2.45) is 5.10 Å². The lowest BCUT2D eigenvalue weighted by Gasteiger charge is -2.08. The molecule has 1 aromatic heterocycles. The third-order valence-corrected chi connectivity index (χ3v) is 5.55. The number of halogens is 3. The molecule has 0 aliphatic carbocycles. The Labute approximate surface area is 205 Å². The van der Waals surface area contributed by atoms with E-state index in [9.17, 15) is 4.79 Å². The van der Waals surface area contributed by atoms with Gasteiger partial charge in [0.25, 0.3) is 5.91 Å². The van der Waals surface area contributed by atoms with Crippen molar-refractivity contribution >= 4 is 46.9 Å². The highest BCUT2D eigenvalue weighted by molar-refractivity contribution is 6.43. The molecule has 0 aliphatic rings. The van der Waals surface area contributed by atoms with Crippen molar-refractivity contribution in [2.45, 2.75) is 0 Å². The van der Waals surface area contributed by atoms with Crippen molar-refractivity contribution in [1.29, 1.82) is 0 Å². The number of aromatic nitrogens is 2. The molecule has 0 spiro atoms. The Bertz CT molecular complexity index is 1290. The summed E-state index contributed by atoms with van der Waals surface area (Å²) in [5.74, 6) is -0.217. The standard InChI is InChI=1S/C24H17Cl3N4O2/c25-19-11-21(27)22(12-20(19)26)33-15-23(32)29-28-13-17-14-31(18-9-5-2-6-10-18)30-24(17)16-7-3-1-4-8-16/h1-14H,15H2,(H,29,32)/b28-13+. The van der Waals surface area contributed by atoms with Crippen molar-refractivity contribution in [3.05, 3.63) is 99.6 Å². The van der Waals surface area contributed by atoms with Gasteiger partial charge in [-0.2, -0.15) is 10.2 Å². The topological polar surface area (TPSA) is 68.5 Å². The van der Waals surface area contributed by atoms with Crippen LogP contribution in [0.15, 0.2) is 84.1 Å². The molecule has 33 heavy (non-hydrogen) atoms. The van der Waals surface area contributed by atoms with Crippen LogP contribution >= 0.6 is 34.8 Å². The summed E-state index contributed by atoms with van der Waals surface area (Å²) in [6.45, 7) is -0.302. The Kier molecular flexibility index (Phi) is 7.29. The van der Waals surface area contributed by atoms with Crippen LogP contribution in [0.25, 0.3) is 16.9 Å². The molecule has 0 atom stereocenters. The molecule has 9 heteroatoms. The van der Waals surface area contributed by atoms with Gasteiger partial charge in [0.15, 0.2) is 6.61 Å². The third kappa shape index (κ3) is 5.73. The fourth-order valence-electron chi connectivity index (χ4n) is 2.98. The zero-order valence-corrected chi connectivity index (χ0v) is 19.3. The number of ether oxygens (including phenoxy) is 1. The van der Waals surface area contributed by atoms with Crippen LogP contribution in [0, 0.1) is 0 Å². The Balaban J connectivity index is 1.47. The first-order valence-electron chi connectivity index (χ1n) is 9.81. The molecule has 0 aliphatic heterocycles. The Morgan fingerprint density at radius 2 is 1.64 bits per heavy atom. The summed E-state index contributed by atoms with van der Waals surface area (Å²) in [7, 11) is 0. The van der Waals surface area contributed by atoms with Crippen LogP contribution in [0.2, 0.25) is 15.1 Å². The molecule has 4 aromatic rings. The predicted octanol–water partition coefficient (Wildman–Crippen LogP) is 6.03. The normalized spacial score (nSPS) is 11.0. The van der Waals surface area contributed by atoms with E-state index in [4.69, 9.17) is 44.6 Å². The number of carbonyl (C=O) groups is 1. The van der Waals surface area contributed by atoms with Gasteiger partial charge in [-0.1, -0.05) is 83.3 Å². The van der Waals surface area contributed by atoms with E-state index in [2.05, 4.69) is 10.5 Å². The second-order valence-electron chi connectivity index (χ2n) is 6.86. The van der Waals surface area contributed by atoms with E-state index in [0.29, 0.717) is 5.02 Å². The number of hydrogen-bond donors (Lipinski definition) is 1. The fraction of sp³-hybridized carbons (Fsp3) is 0.0417. The van der Waals surface area contributed by atoms with Crippen LogP contribution in [0.5, 0.6) is 5.75 Å². The first-order chi connectivity index (χ1) is 16.0. The van der Waals surface area contributed by atoms with E-state index < -0.39 is 5.91 Å². The van der Waals surface area contributed by atoms with Crippen molar-refractivity contribution in [1.82, 2.24) is 15.2 Å². The van der Waals surface area contributed by atoms with Gasteiger partial charge in [0.1, 0.15) is 11.4 Å². The molecule has 1 heterocycles. The van der Waals surface area contributed by atoms with E-state index in [1.165, 1.54) is 12.1 Å². The average molecular weight is 500 g/mol. The lowest BCUT2D eigenvalue weighted by molar-refractivity contribution is -0.123. The molecule has 0 saturated carbocycles. The molecular weight excluding hydrogens is 483 g/mol. The first kappa shape index (κ1) is 22.9. The molecule has 0 radical (unpaired) electrons. The second-order valence-corrected chi connectivity index (χ2v) is 8.08. The van der Waals surface area contributed by atoms with Crippen LogP contribution in [-0.4, -0.2) is 28.5 Å². The number of carbonyl (C=O) groups excluding carboxylic acids is 1. The molecule has 6 nitrogen and oxygen atoms in total. The smallest absolute Gasteiger partial charge is 0.277 e. The summed E-state index contributed by atoms with van der Waals surface area (Å²) in [6, 6.07) is 22.4. The molecule has 3 aromatic carbocycles. The van der Waals surface area contributed by atoms with Crippen LogP contribution < -0.4 is 10.2 Å². The maximum atomic E-state index is 12.2. The summed E-state index contributed by atoms with van der Waals surface area (Å²) in [6.07, 6.45) is 3.39. The van der Waals surface area contributed by atoms with Crippen molar-refractivity contribution in [2.75, 3.05) is 6.61 Å². The van der Waals surface area contributed by atoms with Crippen LogP contribution in [0.4, 0.5) is 0 Å². The van der Waals surface area contributed by atoms with Crippen LogP contribution in [0.3, 0.4) is 0 Å². The van der Waals surface area contributed by atoms with Gasteiger partial charge in [0, 0.05) is 23.4 Å². The van der Waals surface area contributed by atoms with E-state index in [1.807, 2.05) is 66.9 Å². The summed E-state index contributed by atoms with van der Waals surface area (Å²) in [5.41, 5.74) is 5.74. The second kappa shape index (κ2) is 10.5. The first-order valence-corrected chi connectivity index (χ1v) is 10.9. The van der Waals surface area contributed by atoms with Gasteiger partial charge in [-0.25, -0.2) is 10.1 Å². The summed E-state index contributed by atoms with van der Waals surface area (Å²) < 4.78 is 7.18. The minimum absolute atomic E-state index is 0.251. The quantitative estimate of drug-likeness (QED) is 0.192. The van der Waals surface area contributed by atoms with Gasteiger partial charge in [-0.15, -0.1) is 0 Å². The van der Waals surface area contributed by atoms with Crippen molar-refractivity contribution < 1.29 is 9.53 Å². The van der Waals surface area contributed by atoms with Gasteiger partial charge in [0.05, 0.1) is 27.0 Å². The third-order valence-electron chi connectivity index (χ3n) is 4.54. The number of hydrogen-bond acceptors (Lipinski definition) is 4. The SMILES string of the molecule is O=C(COc1cc(Cl)c(Cl)cc1Cl)N/N=C/c1cn(-c2ccccc2)nc1-c1ccccc1. The van der Waals surface area contributed by atoms with E-state index >= 15 is 0 Å². The maximum Gasteiger partial charge on any atom is 0.277 e. The Morgan fingerprint density at radius 3 is 2.36 bits per heavy atom. The molecule has 0 unspecified atom stereocenters.